The minimum absolute atomic E-state index is 0.0499. The summed E-state index contributed by atoms with van der Waals surface area (Å²) in [5.74, 6) is -0.286. The Labute approximate surface area is 205 Å². The van der Waals surface area contributed by atoms with Crippen LogP contribution in [0.3, 0.4) is 0 Å². The average molecular weight is 476 g/mol. The first-order chi connectivity index (χ1) is 16.9. The molecule has 1 saturated carbocycles. The number of carbonyl (C=O) groups excluding carboxylic acids is 2. The number of rotatable bonds is 8. The smallest absolute Gasteiger partial charge is 0.278 e. The van der Waals surface area contributed by atoms with E-state index >= 15 is 0 Å². The fraction of sp³-hybridized carbons (Fsp3) is 0.357. The molecule has 0 spiro atoms. The van der Waals surface area contributed by atoms with E-state index in [0.717, 1.165) is 48.6 Å². The Hall–Kier alpha value is -3.58. The molecule has 0 bridgehead atoms. The lowest BCUT2D eigenvalue weighted by molar-refractivity contribution is 0.0703. The van der Waals surface area contributed by atoms with Crippen LogP contribution < -0.4 is 15.5 Å². The lowest BCUT2D eigenvalue weighted by atomic mass is 9.70. The zero-order valence-corrected chi connectivity index (χ0v) is 20.4. The second-order valence-electron chi connectivity index (χ2n) is 9.51. The van der Waals surface area contributed by atoms with Crippen LogP contribution in [-0.4, -0.2) is 35.2 Å². The number of allylic oxidation sites excluding steroid dienone is 1. The summed E-state index contributed by atoms with van der Waals surface area (Å²) in [5, 5.41) is 13.1. The number of benzene rings is 2. The highest BCUT2D eigenvalue weighted by Crippen LogP contribution is 2.40. The minimum Gasteiger partial charge on any atom is -0.496 e. The Balaban J connectivity index is 1.48. The molecule has 1 aliphatic carbocycles. The molecule has 1 aromatic heterocycles. The number of hydrogen-bond acceptors (Lipinski definition) is 4. The SMILES string of the molecule is C=C1CCCC(CC)(CNC(=O)c2ccc3c(ccn3Cc3ccc(C(=O)NO)c(OC)c3)c2)C1. The number of carbonyl (C=O) groups is 2. The van der Waals surface area contributed by atoms with E-state index in [4.69, 9.17) is 9.94 Å². The second kappa shape index (κ2) is 10.4. The van der Waals surface area contributed by atoms with Gasteiger partial charge in [0.25, 0.3) is 11.8 Å². The van der Waals surface area contributed by atoms with Crippen molar-refractivity contribution < 1.29 is 19.5 Å². The van der Waals surface area contributed by atoms with Crippen LogP contribution in [0.25, 0.3) is 10.9 Å². The van der Waals surface area contributed by atoms with Gasteiger partial charge in [-0.15, -0.1) is 0 Å². The topological polar surface area (TPSA) is 92.6 Å². The molecule has 7 heteroatoms. The molecule has 7 nitrogen and oxygen atoms in total. The molecule has 1 aliphatic rings. The van der Waals surface area contributed by atoms with E-state index in [1.54, 1.807) is 17.6 Å². The molecule has 3 N–H and O–H groups in total. The Morgan fingerprint density at radius 1 is 1.17 bits per heavy atom. The summed E-state index contributed by atoms with van der Waals surface area (Å²) in [6.45, 7) is 7.62. The predicted octanol–water partition coefficient (Wildman–Crippen LogP) is 5.07. The molecule has 4 rings (SSSR count). The van der Waals surface area contributed by atoms with E-state index in [1.807, 2.05) is 36.5 Å². The number of methoxy groups -OCH3 is 1. The van der Waals surface area contributed by atoms with E-state index < -0.39 is 5.91 Å². The van der Waals surface area contributed by atoms with E-state index in [1.165, 1.54) is 12.7 Å². The molecule has 1 heterocycles. The average Bonchev–Trinajstić information content (AvgIpc) is 3.28. The Morgan fingerprint density at radius 3 is 2.71 bits per heavy atom. The molecule has 35 heavy (non-hydrogen) atoms. The summed E-state index contributed by atoms with van der Waals surface area (Å²) in [6, 6.07) is 13.0. The fourth-order valence-corrected chi connectivity index (χ4v) is 5.13. The van der Waals surface area contributed by atoms with Gasteiger partial charge in [0, 0.05) is 35.8 Å². The first kappa shape index (κ1) is 24.5. The summed E-state index contributed by atoms with van der Waals surface area (Å²) in [6.07, 6.45) is 7.37. The molecule has 0 radical (unpaired) electrons. The van der Waals surface area contributed by atoms with Crippen molar-refractivity contribution in [2.45, 2.75) is 45.6 Å². The van der Waals surface area contributed by atoms with E-state index in [2.05, 4.69) is 23.4 Å². The highest BCUT2D eigenvalue weighted by Gasteiger charge is 2.32. The van der Waals surface area contributed by atoms with Crippen LogP contribution in [0, 0.1) is 5.41 Å². The standard InChI is InChI=1S/C28H33N3O4/c1-4-28(12-5-6-19(2)16-28)18-29-26(32)22-8-10-24-21(15-22)11-13-31(24)17-20-7-9-23(27(33)30-34)25(14-20)35-3/h7-11,13-15,34H,2,4-6,12,16-18H2,1,3H3,(H,29,32)(H,30,33). The summed E-state index contributed by atoms with van der Waals surface area (Å²) < 4.78 is 7.40. The van der Waals surface area contributed by atoms with Crippen LogP contribution in [0.4, 0.5) is 0 Å². The minimum atomic E-state index is -0.621. The number of hydroxylamine groups is 1. The lowest BCUT2D eigenvalue weighted by Crippen LogP contribution is -2.39. The van der Waals surface area contributed by atoms with Crippen LogP contribution in [0.15, 0.2) is 60.8 Å². The maximum atomic E-state index is 12.9. The molecule has 1 unspecified atom stereocenters. The molecule has 0 aliphatic heterocycles. The number of aromatic nitrogens is 1. The Kier molecular flexibility index (Phi) is 7.26. The van der Waals surface area contributed by atoms with Crippen LogP contribution in [0.2, 0.25) is 0 Å². The normalized spacial score (nSPS) is 17.9. The van der Waals surface area contributed by atoms with Crippen LogP contribution >= 0.6 is 0 Å². The highest BCUT2D eigenvalue weighted by atomic mass is 16.5. The van der Waals surface area contributed by atoms with Crippen LogP contribution in [-0.2, 0) is 6.54 Å². The molecule has 0 saturated heterocycles. The quantitative estimate of drug-likeness (QED) is 0.241. The van der Waals surface area contributed by atoms with Gasteiger partial charge in [-0.05, 0) is 79.5 Å². The summed E-state index contributed by atoms with van der Waals surface area (Å²) in [5.41, 5.74) is 5.90. The van der Waals surface area contributed by atoms with Gasteiger partial charge < -0.3 is 14.6 Å². The number of nitrogens with zero attached hydrogens (tertiary/aromatic N) is 1. The number of nitrogens with one attached hydrogen (secondary N) is 2. The van der Waals surface area contributed by atoms with Crippen molar-refractivity contribution in [1.82, 2.24) is 15.4 Å². The van der Waals surface area contributed by atoms with E-state index in [9.17, 15) is 9.59 Å². The van der Waals surface area contributed by atoms with Crippen molar-refractivity contribution in [3.8, 4) is 5.75 Å². The Bertz CT molecular complexity index is 1260. The van der Waals surface area contributed by atoms with Crippen LogP contribution in [0.1, 0.15) is 65.3 Å². The summed E-state index contributed by atoms with van der Waals surface area (Å²) in [4.78, 5) is 24.7. The number of ether oxygens (including phenoxy) is 1. The maximum Gasteiger partial charge on any atom is 0.278 e. The van der Waals surface area contributed by atoms with Crippen molar-refractivity contribution >= 4 is 22.7 Å². The Morgan fingerprint density at radius 2 is 2.00 bits per heavy atom. The lowest BCUT2D eigenvalue weighted by Gasteiger charge is -2.37. The van der Waals surface area contributed by atoms with Gasteiger partial charge in [-0.3, -0.25) is 14.8 Å². The first-order valence-electron chi connectivity index (χ1n) is 12.0. The van der Waals surface area contributed by atoms with Gasteiger partial charge in [0.05, 0.1) is 12.7 Å². The monoisotopic (exact) mass is 475 g/mol. The number of hydrogen-bond donors (Lipinski definition) is 3. The van der Waals surface area contributed by atoms with Crippen LogP contribution in [0.5, 0.6) is 5.75 Å². The molecule has 1 atom stereocenters. The zero-order chi connectivity index (χ0) is 25.0. The molecular formula is C28H33N3O4. The van der Waals surface area contributed by atoms with Crippen molar-refractivity contribution in [2.75, 3.05) is 13.7 Å². The third kappa shape index (κ3) is 5.25. The molecule has 2 amide bonds. The summed E-state index contributed by atoms with van der Waals surface area (Å²) in [7, 11) is 1.48. The second-order valence-corrected chi connectivity index (χ2v) is 9.51. The highest BCUT2D eigenvalue weighted by molar-refractivity contribution is 5.98. The molecule has 2 aromatic carbocycles. The largest absolute Gasteiger partial charge is 0.496 e. The van der Waals surface area contributed by atoms with E-state index in [0.29, 0.717) is 24.4 Å². The van der Waals surface area contributed by atoms with Gasteiger partial charge in [-0.1, -0.05) is 25.1 Å². The maximum absolute atomic E-state index is 12.9. The number of amides is 2. The molecule has 184 valence electrons. The third-order valence-corrected chi connectivity index (χ3v) is 7.23. The van der Waals surface area contributed by atoms with Gasteiger partial charge in [0.2, 0.25) is 0 Å². The summed E-state index contributed by atoms with van der Waals surface area (Å²) >= 11 is 0. The molecule has 3 aromatic rings. The molecule has 1 fully saturated rings. The van der Waals surface area contributed by atoms with Crippen molar-refractivity contribution in [1.29, 1.82) is 0 Å². The van der Waals surface area contributed by atoms with Gasteiger partial charge in [-0.25, -0.2) is 5.48 Å². The zero-order valence-electron chi connectivity index (χ0n) is 20.4. The van der Waals surface area contributed by atoms with Gasteiger partial charge in [0.1, 0.15) is 5.75 Å². The van der Waals surface area contributed by atoms with Gasteiger partial charge in [-0.2, -0.15) is 0 Å². The predicted molar refractivity (Wildman–Crippen MR) is 136 cm³/mol. The first-order valence-corrected chi connectivity index (χ1v) is 12.0. The molecular weight excluding hydrogens is 442 g/mol. The van der Waals surface area contributed by atoms with Crippen molar-refractivity contribution in [2.24, 2.45) is 5.41 Å². The third-order valence-electron chi connectivity index (χ3n) is 7.23. The van der Waals surface area contributed by atoms with Gasteiger partial charge >= 0.3 is 0 Å². The van der Waals surface area contributed by atoms with Gasteiger partial charge in [0.15, 0.2) is 0 Å². The number of fused-ring (bicyclic) bond motifs is 1. The fourth-order valence-electron chi connectivity index (χ4n) is 5.13. The van der Waals surface area contributed by atoms with Crippen molar-refractivity contribution in [3.63, 3.8) is 0 Å². The van der Waals surface area contributed by atoms with E-state index in [-0.39, 0.29) is 16.9 Å². The van der Waals surface area contributed by atoms with Crippen molar-refractivity contribution in [3.05, 3.63) is 77.5 Å².